The van der Waals surface area contributed by atoms with Crippen molar-refractivity contribution in [3.05, 3.63) is 0 Å². The van der Waals surface area contributed by atoms with E-state index in [4.69, 9.17) is 20.0 Å². The van der Waals surface area contributed by atoms with Crippen molar-refractivity contribution in [1.82, 2.24) is 0 Å². The van der Waals surface area contributed by atoms with E-state index < -0.39 is 26.5 Å². The van der Waals surface area contributed by atoms with Crippen LogP contribution in [0.15, 0.2) is 0 Å². The van der Waals surface area contributed by atoms with Crippen LogP contribution in [0.4, 0.5) is 0 Å². The number of aliphatic carboxylic acids is 1. The first-order valence-electron chi connectivity index (χ1n) is 2.44. The number of carboxylic acid groups (broad SMARTS) is 1. The first-order valence-corrected chi connectivity index (χ1v) is 3.97. The van der Waals surface area contributed by atoms with E-state index >= 15 is 0 Å². The molecule has 0 fully saturated rings. The number of carbonyl (C=O) groups is 1. The van der Waals surface area contributed by atoms with Gasteiger partial charge in [0.15, 0.2) is 6.10 Å². The summed E-state index contributed by atoms with van der Waals surface area (Å²) < 4.78 is 13.6. The first kappa shape index (κ1) is 10.5. The maximum absolute atomic E-state index is 9.93. The molecule has 0 aliphatic heterocycles. The number of hydrogen-bond donors (Lipinski definition) is 4. The molecule has 66 valence electrons. The normalized spacial score (nSPS) is 14.5. The van der Waals surface area contributed by atoms with E-state index in [1.54, 1.807) is 0 Å². The third kappa shape index (κ3) is 5.96. The maximum Gasteiger partial charge on any atom is 0.469 e. The van der Waals surface area contributed by atoms with Crippen molar-refractivity contribution >= 4 is 13.8 Å². The van der Waals surface area contributed by atoms with Gasteiger partial charge in [-0.1, -0.05) is 0 Å². The smallest absolute Gasteiger partial charge is 0.469 e. The minimum Gasteiger partial charge on any atom is -0.479 e. The van der Waals surface area contributed by atoms with E-state index in [0.29, 0.717) is 0 Å². The van der Waals surface area contributed by atoms with Crippen LogP contribution in [0.5, 0.6) is 0 Å². The van der Waals surface area contributed by atoms with Crippen LogP contribution in [0, 0.1) is 0 Å². The zero-order valence-corrected chi connectivity index (χ0v) is 6.14. The molecule has 0 aromatic rings. The quantitative estimate of drug-likeness (QED) is 0.395. The summed E-state index contributed by atoms with van der Waals surface area (Å²) in [5.74, 6) is -1.60. The predicted octanol–water partition coefficient (Wildman–Crippen LogP) is -1.46. The standard InChI is InChI=1S/C3H7O7P/c4-2(3(5)6)1-10-11(7,8)9/h2,4H,1H2,(H,5,6)(H2,7,8,9)/t2-/m1/s1. The number of rotatable bonds is 4. The van der Waals surface area contributed by atoms with Gasteiger partial charge in [0.2, 0.25) is 0 Å². The molecule has 0 radical (unpaired) electrons. The second-order valence-electron chi connectivity index (χ2n) is 1.64. The summed E-state index contributed by atoms with van der Waals surface area (Å²) in [5.41, 5.74) is 0. The van der Waals surface area contributed by atoms with Gasteiger partial charge in [0.25, 0.3) is 0 Å². The van der Waals surface area contributed by atoms with Crippen molar-refractivity contribution in [2.45, 2.75) is 6.10 Å². The van der Waals surface area contributed by atoms with E-state index in [-0.39, 0.29) is 0 Å². The van der Waals surface area contributed by atoms with Gasteiger partial charge in [-0.3, -0.25) is 4.52 Å². The van der Waals surface area contributed by atoms with Gasteiger partial charge in [-0.15, -0.1) is 0 Å². The second-order valence-corrected chi connectivity index (χ2v) is 2.88. The van der Waals surface area contributed by atoms with Crippen LogP contribution >= 0.6 is 7.82 Å². The number of aliphatic hydroxyl groups is 1. The third-order valence-corrected chi connectivity index (χ3v) is 1.17. The summed E-state index contributed by atoms with van der Waals surface area (Å²) in [7, 11) is -4.68. The summed E-state index contributed by atoms with van der Waals surface area (Å²) in [4.78, 5) is 25.9. The van der Waals surface area contributed by atoms with Gasteiger partial charge >= 0.3 is 13.8 Å². The predicted molar refractivity (Wildman–Crippen MR) is 31.6 cm³/mol. The topological polar surface area (TPSA) is 124 Å². The van der Waals surface area contributed by atoms with Gasteiger partial charge in [0.05, 0.1) is 6.61 Å². The second kappa shape index (κ2) is 3.80. The SMILES string of the molecule is O=C(O)[C@H](O)COP(=O)(O)O. The van der Waals surface area contributed by atoms with E-state index in [1.807, 2.05) is 0 Å². The Morgan fingerprint density at radius 1 is 1.55 bits per heavy atom. The average molecular weight is 186 g/mol. The molecule has 4 N–H and O–H groups in total. The summed E-state index contributed by atoms with van der Waals surface area (Å²) in [6.45, 7) is -0.931. The van der Waals surface area contributed by atoms with Crippen molar-refractivity contribution in [2.24, 2.45) is 0 Å². The van der Waals surface area contributed by atoms with Gasteiger partial charge in [-0.25, -0.2) is 9.36 Å². The molecule has 0 amide bonds. The Kier molecular flexibility index (Phi) is 3.64. The Labute approximate surface area is 61.5 Å². The summed E-state index contributed by atoms with van der Waals surface area (Å²) in [5, 5.41) is 16.4. The maximum atomic E-state index is 9.93. The van der Waals surface area contributed by atoms with Crippen molar-refractivity contribution in [2.75, 3.05) is 6.61 Å². The minimum atomic E-state index is -4.68. The zero-order valence-electron chi connectivity index (χ0n) is 5.25. The molecule has 0 spiro atoms. The highest BCUT2D eigenvalue weighted by Gasteiger charge is 2.20. The number of phosphoric ester groups is 1. The van der Waals surface area contributed by atoms with Crippen LogP contribution in [0.1, 0.15) is 0 Å². The summed E-state index contributed by atoms with van der Waals surface area (Å²) in [6, 6.07) is 0. The van der Waals surface area contributed by atoms with Crippen LogP contribution in [0.2, 0.25) is 0 Å². The lowest BCUT2D eigenvalue weighted by Gasteiger charge is -2.06. The molecule has 0 aliphatic rings. The Morgan fingerprint density at radius 2 is 2.00 bits per heavy atom. The molecule has 0 heterocycles. The molecule has 1 atom stereocenters. The molecule has 0 aromatic carbocycles. The van der Waals surface area contributed by atoms with Gasteiger partial charge in [0, 0.05) is 0 Å². The largest absolute Gasteiger partial charge is 0.479 e. The van der Waals surface area contributed by atoms with Gasteiger partial charge < -0.3 is 20.0 Å². The fourth-order valence-electron chi connectivity index (χ4n) is 0.239. The molecule has 0 saturated heterocycles. The first-order chi connectivity index (χ1) is 4.83. The highest BCUT2D eigenvalue weighted by Crippen LogP contribution is 2.35. The lowest BCUT2D eigenvalue weighted by Crippen LogP contribution is -2.24. The fraction of sp³-hybridized carbons (Fsp3) is 0.667. The van der Waals surface area contributed by atoms with Gasteiger partial charge in [0.1, 0.15) is 0 Å². The fourth-order valence-corrected chi connectivity index (χ4v) is 0.574. The number of aliphatic hydroxyl groups excluding tert-OH is 1. The third-order valence-electron chi connectivity index (χ3n) is 0.686. The van der Waals surface area contributed by atoms with Crippen LogP contribution < -0.4 is 0 Å². The van der Waals surface area contributed by atoms with Crippen molar-refractivity contribution in [3.8, 4) is 0 Å². The number of hydrogen-bond acceptors (Lipinski definition) is 4. The van der Waals surface area contributed by atoms with E-state index in [1.165, 1.54) is 0 Å². The van der Waals surface area contributed by atoms with Crippen molar-refractivity contribution in [1.29, 1.82) is 0 Å². The van der Waals surface area contributed by atoms with Gasteiger partial charge in [-0.2, -0.15) is 0 Å². The molecule has 11 heavy (non-hydrogen) atoms. The minimum absolute atomic E-state index is 0.931. The van der Waals surface area contributed by atoms with E-state index in [2.05, 4.69) is 4.52 Å². The molecule has 7 nitrogen and oxygen atoms in total. The molecule has 0 aliphatic carbocycles. The van der Waals surface area contributed by atoms with E-state index in [9.17, 15) is 9.36 Å². The Morgan fingerprint density at radius 3 is 2.27 bits per heavy atom. The highest BCUT2D eigenvalue weighted by molar-refractivity contribution is 7.46. The molecule has 0 bridgehead atoms. The van der Waals surface area contributed by atoms with E-state index in [0.717, 1.165) is 0 Å². The Balaban J connectivity index is 3.72. The van der Waals surface area contributed by atoms with Crippen LogP contribution in [-0.2, 0) is 13.9 Å². The summed E-state index contributed by atoms with van der Waals surface area (Å²) >= 11 is 0. The van der Waals surface area contributed by atoms with Crippen LogP contribution in [0.25, 0.3) is 0 Å². The Bertz CT molecular complexity index is 182. The molecular formula is C3H7O7P. The molecule has 8 heteroatoms. The Hall–Kier alpha value is -0.460. The number of phosphoric acid groups is 1. The monoisotopic (exact) mass is 186 g/mol. The molecule has 0 aromatic heterocycles. The average Bonchev–Trinajstić information content (AvgIpc) is 1.80. The van der Waals surface area contributed by atoms with Crippen LogP contribution in [-0.4, -0.2) is 38.7 Å². The van der Waals surface area contributed by atoms with Crippen LogP contribution in [0.3, 0.4) is 0 Å². The zero-order chi connectivity index (χ0) is 9.07. The number of carboxylic acids is 1. The van der Waals surface area contributed by atoms with Gasteiger partial charge in [-0.05, 0) is 0 Å². The lowest BCUT2D eigenvalue weighted by atomic mass is 10.4. The lowest BCUT2D eigenvalue weighted by molar-refractivity contribution is -0.148. The molecular weight excluding hydrogens is 179 g/mol. The molecule has 0 unspecified atom stereocenters. The van der Waals surface area contributed by atoms with Crippen molar-refractivity contribution < 1.29 is 33.9 Å². The summed E-state index contributed by atoms with van der Waals surface area (Å²) in [6.07, 6.45) is -1.91. The van der Waals surface area contributed by atoms with Crippen molar-refractivity contribution in [3.63, 3.8) is 0 Å². The highest BCUT2D eigenvalue weighted by atomic mass is 31.2. The molecule has 0 saturated carbocycles. The molecule has 0 rings (SSSR count).